The van der Waals surface area contributed by atoms with Crippen molar-refractivity contribution in [2.75, 3.05) is 20.2 Å². The molecule has 0 aromatic heterocycles. The van der Waals surface area contributed by atoms with Crippen molar-refractivity contribution in [3.05, 3.63) is 29.8 Å². The van der Waals surface area contributed by atoms with Gasteiger partial charge in [0.1, 0.15) is 5.75 Å². The van der Waals surface area contributed by atoms with E-state index in [0.717, 1.165) is 31.6 Å². The lowest BCUT2D eigenvalue weighted by Gasteiger charge is -2.28. The van der Waals surface area contributed by atoms with Gasteiger partial charge >= 0.3 is 5.97 Å². The Balaban J connectivity index is 2.17. The summed E-state index contributed by atoms with van der Waals surface area (Å²) in [6, 6.07) is 8.19. The molecular formula is C15H21NO3. The van der Waals surface area contributed by atoms with Gasteiger partial charge in [0.2, 0.25) is 0 Å². The minimum Gasteiger partial charge on any atom is -0.497 e. The van der Waals surface area contributed by atoms with Crippen molar-refractivity contribution in [3.63, 3.8) is 0 Å². The van der Waals surface area contributed by atoms with Gasteiger partial charge in [-0.3, -0.25) is 9.69 Å². The van der Waals surface area contributed by atoms with E-state index in [2.05, 4.69) is 4.90 Å². The number of nitrogens with zero attached hydrogens (tertiary/aromatic N) is 1. The predicted octanol–water partition coefficient (Wildman–Crippen LogP) is 2.70. The quantitative estimate of drug-likeness (QED) is 0.907. The van der Waals surface area contributed by atoms with Gasteiger partial charge in [-0.15, -0.1) is 0 Å². The molecule has 1 atom stereocenters. The molecule has 1 aliphatic rings. The molecule has 1 aromatic carbocycles. The first-order valence-corrected chi connectivity index (χ1v) is 6.80. The Morgan fingerprint density at radius 3 is 2.68 bits per heavy atom. The van der Waals surface area contributed by atoms with Crippen molar-refractivity contribution in [2.24, 2.45) is 0 Å². The Kier molecular flexibility index (Phi) is 4.80. The average molecular weight is 263 g/mol. The van der Waals surface area contributed by atoms with Crippen LogP contribution in [0.25, 0.3) is 0 Å². The van der Waals surface area contributed by atoms with Crippen molar-refractivity contribution in [1.29, 1.82) is 0 Å². The molecule has 0 saturated carbocycles. The van der Waals surface area contributed by atoms with Gasteiger partial charge < -0.3 is 9.84 Å². The maximum atomic E-state index is 11.0. The molecule has 1 aromatic rings. The number of carboxylic acid groups (broad SMARTS) is 1. The lowest BCUT2D eigenvalue weighted by atomic mass is 10.0. The highest BCUT2D eigenvalue weighted by molar-refractivity contribution is 5.69. The number of carbonyl (C=O) groups is 1. The van der Waals surface area contributed by atoms with E-state index < -0.39 is 5.97 Å². The summed E-state index contributed by atoms with van der Waals surface area (Å²) in [5.74, 6) is 0.0857. The predicted molar refractivity (Wildman–Crippen MR) is 73.4 cm³/mol. The Morgan fingerprint density at radius 1 is 1.32 bits per heavy atom. The standard InChI is InChI=1S/C15H21NO3/c1-19-13-8-6-12(7-9-13)14-5-3-2-4-10-16(14)11-15(17)18/h6-9,14H,2-5,10-11H2,1H3,(H,17,18)/t14-/m0/s1. The van der Waals surface area contributed by atoms with Crippen LogP contribution >= 0.6 is 0 Å². The number of ether oxygens (including phenoxy) is 1. The van der Waals surface area contributed by atoms with Crippen molar-refractivity contribution in [3.8, 4) is 5.75 Å². The molecule has 104 valence electrons. The highest BCUT2D eigenvalue weighted by atomic mass is 16.5. The fourth-order valence-electron chi connectivity index (χ4n) is 2.73. The third-order valence-electron chi connectivity index (χ3n) is 3.70. The van der Waals surface area contributed by atoms with E-state index in [4.69, 9.17) is 9.84 Å². The smallest absolute Gasteiger partial charge is 0.317 e. The van der Waals surface area contributed by atoms with Gasteiger partial charge in [0, 0.05) is 6.04 Å². The molecule has 0 radical (unpaired) electrons. The lowest BCUT2D eigenvalue weighted by molar-refractivity contribution is -0.138. The highest BCUT2D eigenvalue weighted by Crippen LogP contribution is 2.30. The van der Waals surface area contributed by atoms with Crippen LogP contribution in [0.1, 0.15) is 37.3 Å². The number of hydrogen-bond acceptors (Lipinski definition) is 3. The Bertz CT molecular complexity index is 416. The van der Waals surface area contributed by atoms with Crippen molar-refractivity contribution in [2.45, 2.75) is 31.7 Å². The second kappa shape index (κ2) is 6.57. The van der Waals surface area contributed by atoms with Crippen LogP contribution in [-0.4, -0.2) is 36.2 Å². The molecule has 0 unspecified atom stereocenters. The average Bonchev–Trinajstić information content (AvgIpc) is 2.64. The van der Waals surface area contributed by atoms with Gasteiger partial charge in [-0.1, -0.05) is 25.0 Å². The third kappa shape index (κ3) is 3.70. The van der Waals surface area contributed by atoms with Crippen LogP contribution in [0, 0.1) is 0 Å². The van der Waals surface area contributed by atoms with Crippen molar-refractivity contribution < 1.29 is 14.6 Å². The van der Waals surface area contributed by atoms with Crippen molar-refractivity contribution in [1.82, 2.24) is 4.90 Å². The van der Waals surface area contributed by atoms with E-state index in [1.807, 2.05) is 24.3 Å². The Morgan fingerprint density at radius 2 is 2.05 bits per heavy atom. The largest absolute Gasteiger partial charge is 0.497 e. The summed E-state index contributed by atoms with van der Waals surface area (Å²) in [6.45, 7) is 0.986. The Hall–Kier alpha value is -1.55. The summed E-state index contributed by atoms with van der Waals surface area (Å²) in [6.07, 6.45) is 4.45. The van der Waals surface area contributed by atoms with E-state index in [1.54, 1.807) is 7.11 Å². The second-order valence-corrected chi connectivity index (χ2v) is 5.00. The van der Waals surface area contributed by atoms with Gasteiger partial charge in [0.15, 0.2) is 0 Å². The second-order valence-electron chi connectivity index (χ2n) is 5.00. The lowest BCUT2D eigenvalue weighted by Crippen LogP contribution is -2.33. The number of carboxylic acids is 1. The van der Waals surface area contributed by atoms with Crippen LogP contribution in [0.3, 0.4) is 0 Å². The zero-order valence-electron chi connectivity index (χ0n) is 11.3. The first-order valence-electron chi connectivity index (χ1n) is 6.80. The van der Waals surface area contributed by atoms with Gasteiger partial charge in [-0.25, -0.2) is 0 Å². The molecule has 2 rings (SSSR count). The fourth-order valence-corrected chi connectivity index (χ4v) is 2.73. The summed E-state index contributed by atoms with van der Waals surface area (Å²) in [4.78, 5) is 13.1. The molecule has 19 heavy (non-hydrogen) atoms. The van der Waals surface area contributed by atoms with Crippen LogP contribution < -0.4 is 4.74 Å². The maximum absolute atomic E-state index is 11.0. The molecule has 1 heterocycles. The number of hydrogen-bond donors (Lipinski definition) is 1. The molecule has 4 nitrogen and oxygen atoms in total. The van der Waals surface area contributed by atoms with E-state index in [1.165, 1.54) is 12.0 Å². The zero-order valence-corrected chi connectivity index (χ0v) is 11.3. The molecule has 0 bridgehead atoms. The van der Waals surface area contributed by atoms with Gasteiger partial charge in [-0.05, 0) is 37.1 Å². The molecule has 1 saturated heterocycles. The highest BCUT2D eigenvalue weighted by Gasteiger charge is 2.24. The first kappa shape index (κ1) is 13.9. The van der Waals surface area contributed by atoms with Crippen LogP contribution in [0.4, 0.5) is 0 Å². The van der Waals surface area contributed by atoms with E-state index in [0.29, 0.717) is 0 Å². The minimum absolute atomic E-state index is 0.122. The van der Waals surface area contributed by atoms with E-state index in [-0.39, 0.29) is 12.6 Å². The maximum Gasteiger partial charge on any atom is 0.317 e. The number of rotatable bonds is 4. The summed E-state index contributed by atoms with van der Waals surface area (Å²) in [5, 5.41) is 9.04. The van der Waals surface area contributed by atoms with E-state index >= 15 is 0 Å². The normalized spacial score (nSPS) is 20.8. The number of aliphatic carboxylic acids is 1. The van der Waals surface area contributed by atoms with Crippen LogP contribution in [-0.2, 0) is 4.79 Å². The van der Waals surface area contributed by atoms with Gasteiger partial charge in [0.25, 0.3) is 0 Å². The molecule has 0 spiro atoms. The molecule has 0 amide bonds. The fraction of sp³-hybridized carbons (Fsp3) is 0.533. The number of likely N-dealkylation sites (tertiary alicyclic amines) is 1. The minimum atomic E-state index is -0.750. The Labute approximate surface area is 114 Å². The third-order valence-corrected chi connectivity index (χ3v) is 3.70. The van der Waals surface area contributed by atoms with E-state index in [9.17, 15) is 4.79 Å². The van der Waals surface area contributed by atoms with Crippen LogP contribution in [0.2, 0.25) is 0 Å². The molecule has 1 N–H and O–H groups in total. The SMILES string of the molecule is COc1ccc([C@@H]2CCCCCN2CC(=O)O)cc1. The summed E-state index contributed by atoms with van der Waals surface area (Å²) < 4.78 is 5.16. The molecule has 1 aliphatic heterocycles. The summed E-state index contributed by atoms with van der Waals surface area (Å²) in [7, 11) is 1.65. The first-order chi connectivity index (χ1) is 9.20. The zero-order chi connectivity index (χ0) is 13.7. The number of benzene rings is 1. The molecule has 4 heteroatoms. The topological polar surface area (TPSA) is 49.8 Å². The van der Waals surface area contributed by atoms with Crippen molar-refractivity contribution >= 4 is 5.97 Å². The number of methoxy groups -OCH3 is 1. The molecular weight excluding hydrogens is 242 g/mol. The van der Waals surface area contributed by atoms with Gasteiger partial charge in [0.05, 0.1) is 13.7 Å². The molecule has 1 fully saturated rings. The van der Waals surface area contributed by atoms with Crippen LogP contribution in [0.5, 0.6) is 5.75 Å². The summed E-state index contributed by atoms with van der Waals surface area (Å²) >= 11 is 0. The van der Waals surface area contributed by atoms with Crippen LogP contribution in [0.15, 0.2) is 24.3 Å². The van der Waals surface area contributed by atoms with Gasteiger partial charge in [-0.2, -0.15) is 0 Å². The summed E-state index contributed by atoms with van der Waals surface area (Å²) in [5.41, 5.74) is 1.18. The monoisotopic (exact) mass is 263 g/mol. The molecule has 0 aliphatic carbocycles.